The highest BCUT2D eigenvalue weighted by Crippen LogP contribution is 2.32. The monoisotopic (exact) mass is 378 g/mol. The summed E-state index contributed by atoms with van der Waals surface area (Å²) in [5.74, 6) is 0.232. The Morgan fingerprint density at radius 3 is 2.71 bits per heavy atom. The lowest BCUT2D eigenvalue weighted by molar-refractivity contribution is -0.142. The third-order valence-corrected chi connectivity index (χ3v) is 3.96. The fraction of sp³-hybridized carbons (Fsp3) is 0.190. The molecule has 7 heteroatoms. The van der Waals surface area contributed by atoms with Gasteiger partial charge in [-0.25, -0.2) is 4.79 Å². The van der Waals surface area contributed by atoms with Crippen molar-refractivity contribution in [2.24, 2.45) is 0 Å². The molecule has 0 radical (unpaired) electrons. The largest absolute Gasteiger partial charge is 0.454 e. The second-order valence-corrected chi connectivity index (χ2v) is 5.84. The van der Waals surface area contributed by atoms with Gasteiger partial charge in [-0.3, -0.25) is 4.79 Å². The molecule has 0 aliphatic carbocycles. The average molecular weight is 378 g/mol. The topological polar surface area (TPSA) is 88.9 Å². The van der Waals surface area contributed by atoms with Crippen LogP contribution in [0.15, 0.2) is 54.6 Å². The number of carbonyl (C=O) groups is 2. The SMILES string of the molecule is N#CCCN(C(=O)COC(=O)/C=C/c1ccc2c(c1)OCO2)c1ccccc1. The van der Waals surface area contributed by atoms with E-state index in [1.54, 1.807) is 48.5 Å². The van der Waals surface area contributed by atoms with Gasteiger partial charge in [0.2, 0.25) is 6.79 Å². The molecule has 7 nitrogen and oxygen atoms in total. The van der Waals surface area contributed by atoms with Crippen molar-refractivity contribution in [3.8, 4) is 17.6 Å². The van der Waals surface area contributed by atoms with Crippen molar-refractivity contribution >= 4 is 23.6 Å². The van der Waals surface area contributed by atoms with E-state index in [4.69, 9.17) is 19.5 Å². The lowest BCUT2D eigenvalue weighted by Crippen LogP contribution is -2.35. The fourth-order valence-electron chi connectivity index (χ4n) is 2.61. The molecular weight excluding hydrogens is 360 g/mol. The van der Waals surface area contributed by atoms with Crippen molar-refractivity contribution in [2.75, 3.05) is 24.8 Å². The first-order chi connectivity index (χ1) is 13.7. The number of nitriles is 1. The van der Waals surface area contributed by atoms with E-state index < -0.39 is 18.5 Å². The molecule has 3 rings (SSSR count). The summed E-state index contributed by atoms with van der Waals surface area (Å²) in [4.78, 5) is 25.8. The first kappa shape index (κ1) is 19.0. The number of amides is 1. The average Bonchev–Trinajstić information content (AvgIpc) is 3.19. The molecule has 0 unspecified atom stereocenters. The molecule has 0 spiro atoms. The number of carbonyl (C=O) groups excluding carboxylic acids is 2. The molecule has 0 fully saturated rings. The van der Waals surface area contributed by atoms with Crippen LogP contribution in [-0.2, 0) is 14.3 Å². The summed E-state index contributed by atoms with van der Waals surface area (Å²) in [6.07, 6.45) is 2.99. The minimum absolute atomic E-state index is 0.177. The summed E-state index contributed by atoms with van der Waals surface area (Å²) < 4.78 is 15.6. The van der Waals surface area contributed by atoms with Crippen LogP contribution < -0.4 is 14.4 Å². The van der Waals surface area contributed by atoms with E-state index in [0.717, 1.165) is 5.56 Å². The third-order valence-electron chi connectivity index (χ3n) is 3.96. The van der Waals surface area contributed by atoms with Gasteiger partial charge in [0.1, 0.15) is 0 Å². The van der Waals surface area contributed by atoms with Gasteiger partial charge in [0, 0.05) is 18.3 Å². The predicted octanol–water partition coefficient (Wildman–Crippen LogP) is 2.92. The Bertz CT molecular complexity index is 918. The Kier molecular flexibility index (Phi) is 6.26. The first-order valence-electron chi connectivity index (χ1n) is 8.64. The van der Waals surface area contributed by atoms with E-state index in [1.807, 2.05) is 12.1 Å². The van der Waals surface area contributed by atoms with E-state index in [-0.39, 0.29) is 19.8 Å². The number of ether oxygens (including phenoxy) is 3. The minimum Gasteiger partial charge on any atom is -0.454 e. The summed E-state index contributed by atoms with van der Waals surface area (Å²) in [6, 6.07) is 16.2. The molecule has 0 aromatic heterocycles. The first-order valence-corrected chi connectivity index (χ1v) is 8.64. The summed E-state index contributed by atoms with van der Waals surface area (Å²) in [7, 11) is 0. The zero-order valence-electron chi connectivity index (χ0n) is 15.0. The zero-order chi connectivity index (χ0) is 19.8. The maximum Gasteiger partial charge on any atom is 0.331 e. The van der Waals surface area contributed by atoms with Crippen LogP contribution in [-0.4, -0.2) is 31.8 Å². The molecule has 2 aromatic carbocycles. The number of hydrogen-bond acceptors (Lipinski definition) is 6. The van der Waals surface area contributed by atoms with E-state index in [1.165, 1.54) is 11.0 Å². The number of nitrogens with zero attached hydrogens (tertiary/aromatic N) is 2. The molecule has 1 aliphatic heterocycles. The van der Waals surface area contributed by atoms with Crippen molar-refractivity contribution in [1.82, 2.24) is 0 Å². The van der Waals surface area contributed by atoms with Gasteiger partial charge in [-0.15, -0.1) is 0 Å². The van der Waals surface area contributed by atoms with Crippen LogP contribution in [0.4, 0.5) is 5.69 Å². The molecule has 1 amide bonds. The summed E-state index contributed by atoms with van der Waals surface area (Å²) in [5.41, 5.74) is 1.39. The van der Waals surface area contributed by atoms with E-state index >= 15 is 0 Å². The van der Waals surface area contributed by atoms with Gasteiger partial charge in [0.15, 0.2) is 18.1 Å². The minimum atomic E-state index is -0.640. The second-order valence-electron chi connectivity index (χ2n) is 5.84. The predicted molar refractivity (Wildman–Crippen MR) is 102 cm³/mol. The van der Waals surface area contributed by atoms with Gasteiger partial charge in [0.25, 0.3) is 5.91 Å². The van der Waals surface area contributed by atoms with Crippen molar-refractivity contribution < 1.29 is 23.8 Å². The van der Waals surface area contributed by atoms with Gasteiger partial charge >= 0.3 is 5.97 Å². The van der Waals surface area contributed by atoms with Crippen LogP contribution in [0.25, 0.3) is 6.08 Å². The van der Waals surface area contributed by atoms with E-state index in [2.05, 4.69) is 0 Å². The highest BCUT2D eigenvalue weighted by molar-refractivity contribution is 5.96. The molecule has 0 atom stereocenters. The Labute approximate surface area is 162 Å². The molecule has 142 valence electrons. The van der Waals surface area contributed by atoms with E-state index in [9.17, 15) is 9.59 Å². The summed E-state index contributed by atoms with van der Waals surface area (Å²) >= 11 is 0. The maximum atomic E-state index is 12.4. The van der Waals surface area contributed by atoms with Gasteiger partial charge < -0.3 is 19.1 Å². The van der Waals surface area contributed by atoms with Crippen molar-refractivity contribution in [2.45, 2.75) is 6.42 Å². The molecule has 2 aromatic rings. The van der Waals surface area contributed by atoms with Crippen LogP contribution in [0.5, 0.6) is 11.5 Å². The number of rotatable bonds is 7. The quantitative estimate of drug-likeness (QED) is 0.544. The van der Waals surface area contributed by atoms with E-state index in [0.29, 0.717) is 17.2 Å². The molecule has 0 bridgehead atoms. The highest BCUT2D eigenvalue weighted by atomic mass is 16.7. The lowest BCUT2D eigenvalue weighted by Gasteiger charge is -2.21. The van der Waals surface area contributed by atoms with Crippen molar-refractivity contribution in [3.63, 3.8) is 0 Å². The number of hydrogen-bond donors (Lipinski definition) is 0. The Morgan fingerprint density at radius 1 is 1.14 bits per heavy atom. The number of fused-ring (bicyclic) bond motifs is 1. The van der Waals surface area contributed by atoms with Gasteiger partial charge in [-0.05, 0) is 35.9 Å². The maximum absolute atomic E-state index is 12.4. The van der Waals surface area contributed by atoms with Crippen LogP contribution in [0.1, 0.15) is 12.0 Å². The van der Waals surface area contributed by atoms with Crippen LogP contribution in [0.3, 0.4) is 0 Å². The molecule has 0 saturated heterocycles. The molecule has 0 saturated carbocycles. The Hall–Kier alpha value is -3.79. The van der Waals surface area contributed by atoms with Crippen LogP contribution in [0.2, 0.25) is 0 Å². The second kappa shape index (κ2) is 9.24. The number of benzene rings is 2. The molecule has 28 heavy (non-hydrogen) atoms. The normalized spacial score (nSPS) is 11.8. The standard InChI is InChI=1S/C21H18N2O5/c22-11-4-12-23(17-5-2-1-3-6-17)20(24)14-26-21(25)10-8-16-7-9-18-19(13-16)28-15-27-18/h1-3,5-10,13H,4,12,14-15H2/b10-8+. The van der Waals surface area contributed by atoms with Crippen molar-refractivity contribution in [3.05, 3.63) is 60.2 Å². The van der Waals surface area contributed by atoms with Gasteiger partial charge in [-0.2, -0.15) is 5.26 Å². The molecule has 0 N–H and O–H groups in total. The Balaban J connectivity index is 1.56. The Morgan fingerprint density at radius 2 is 1.93 bits per heavy atom. The zero-order valence-corrected chi connectivity index (χ0v) is 15.0. The van der Waals surface area contributed by atoms with Gasteiger partial charge in [-0.1, -0.05) is 24.3 Å². The van der Waals surface area contributed by atoms with Crippen LogP contribution in [0, 0.1) is 11.3 Å². The number of esters is 1. The summed E-state index contributed by atoms with van der Waals surface area (Å²) in [5, 5.41) is 8.80. The number of para-hydroxylation sites is 1. The van der Waals surface area contributed by atoms with Gasteiger partial charge in [0.05, 0.1) is 12.5 Å². The fourth-order valence-corrected chi connectivity index (χ4v) is 2.61. The summed E-state index contributed by atoms with van der Waals surface area (Å²) in [6.45, 7) is -0.00899. The highest BCUT2D eigenvalue weighted by Gasteiger charge is 2.17. The van der Waals surface area contributed by atoms with Crippen molar-refractivity contribution in [1.29, 1.82) is 5.26 Å². The third kappa shape index (κ3) is 4.89. The molecule has 1 aliphatic rings. The smallest absolute Gasteiger partial charge is 0.331 e. The number of anilines is 1. The molecule has 1 heterocycles. The molecular formula is C21H18N2O5. The lowest BCUT2D eigenvalue weighted by atomic mass is 10.2. The van der Waals surface area contributed by atoms with Crippen LogP contribution >= 0.6 is 0 Å².